The van der Waals surface area contributed by atoms with E-state index >= 15 is 0 Å². The van der Waals surface area contributed by atoms with Crippen molar-refractivity contribution in [1.29, 1.82) is 0 Å². The maximum absolute atomic E-state index is 12.9. The van der Waals surface area contributed by atoms with E-state index in [1.54, 1.807) is 44.2 Å². The van der Waals surface area contributed by atoms with E-state index in [1.807, 2.05) is 0 Å². The number of carbonyl (C=O) groups is 2. The van der Waals surface area contributed by atoms with E-state index in [4.69, 9.17) is 9.47 Å². The van der Waals surface area contributed by atoms with Crippen LogP contribution in [0.4, 0.5) is 13.2 Å². The van der Waals surface area contributed by atoms with Gasteiger partial charge in [0.25, 0.3) is 5.91 Å². The molecule has 1 amide bonds. The Morgan fingerprint density at radius 3 is 2.34 bits per heavy atom. The van der Waals surface area contributed by atoms with Gasteiger partial charge in [-0.05, 0) is 51.3 Å². The number of allylic oxidation sites excluding steroid dienone is 1. The van der Waals surface area contributed by atoms with Crippen LogP contribution in [-0.2, 0) is 25.2 Å². The summed E-state index contributed by atoms with van der Waals surface area (Å²) < 4.78 is 49.3. The molecule has 0 saturated heterocycles. The zero-order valence-corrected chi connectivity index (χ0v) is 22.0. The summed E-state index contributed by atoms with van der Waals surface area (Å²) in [5, 5.41) is 12.4. The standard InChI is InChI=1S/C26H28F3N3O5S/c1-6-19(36-5)22(33)21(30-4)24(34)32-15(2)25(35)37-16(3)23(17-10-8-7-9-11-17)38-20-13-12-18(14-31-20)26(27,28)29/h6-16,23,33H,4H2,1-3,5H3,(H,32,34)/b19-6+,22-21+/t15-,16-,23-/m0/s1. The molecule has 2 N–H and O–H groups in total. The summed E-state index contributed by atoms with van der Waals surface area (Å²) in [6, 6.07) is 9.99. The summed E-state index contributed by atoms with van der Waals surface area (Å²) in [4.78, 5) is 32.8. The molecule has 0 bridgehead atoms. The number of ether oxygens (including phenoxy) is 2. The van der Waals surface area contributed by atoms with Crippen molar-refractivity contribution < 1.29 is 37.3 Å². The second-order valence-corrected chi connectivity index (χ2v) is 9.04. The zero-order chi connectivity index (χ0) is 28.5. The van der Waals surface area contributed by atoms with Gasteiger partial charge >= 0.3 is 12.1 Å². The van der Waals surface area contributed by atoms with Crippen molar-refractivity contribution in [3.8, 4) is 0 Å². The molecule has 0 saturated carbocycles. The third-order valence-corrected chi connectivity index (χ3v) is 6.57. The van der Waals surface area contributed by atoms with Gasteiger partial charge in [0.15, 0.2) is 17.2 Å². The molecule has 0 fully saturated rings. The number of esters is 1. The number of rotatable bonds is 11. The topological polar surface area (TPSA) is 110 Å². The lowest BCUT2D eigenvalue weighted by Gasteiger charge is -2.25. The molecule has 8 nitrogen and oxygen atoms in total. The number of carbonyl (C=O) groups excluding carboxylic acids is 2. The maximum atomic E-state index is 12.9. The van der Waals surface area contributed by atoms with E-state index < -0.39 is 52.5 Å². The van der Waals surface area contributed by atoms with Crippen molar-refractivity contribution in [2.75, 3.05) is 7.11 Å². The number of aliphatic imine (C=N–C) groups is 1. The number of aliphatic hydroxyl groups is 1. The van der Waals surface area contributed by atoms with Gasteiger partial charge in [-0.3, -0.25) is 9.79 Å². The Balaban J connectivity index is 2.19. The number of hydrogen-bond donors (Lipinski definition) is 2. The number of aliphatic hydroxyl groups excluding tert-OH is 1. The predicted molar refractivity (Wildman–Crippen MR) is 137 cm³/mol. The van der Waals surface area contributed by atoms with Gasteiger partial charge in [-0.1, -0.05) is 42.1 Å². The van der Waals surface area contributed by atoms with Crippen molar-refractivity contribution in [2.45, 2.75) is 49.4 Å². The first-order valence-corrected chi connectivity index (χ1v) is 12.2. The van der Waals surface area contributed by atoms with E-state index in [1.165, 1.54) is 26.2 Å². The SMILES string of the molecule is C=N/C(C(=O)N[C@@H](C)C(=O)O[C@@H](C)[C@H](Sc1ccc(C(F)(F)F)cn1)c1ccccc1)=C(O)\C(=C/C)OC. The van der Waals surface area contributed by atoms with Crippen LogP contribution in [0.3, 0.4) is 0 Å². The molecule has 0 aliphatic carbocycles. The Morgan fingerprint density at radius 2 is 1.84 bits per heavy atom. The number of thioether (sulfide) groups is 1. The van der Waals surface area contributed by atoms with Crippen molar-refractivity contribution in [2.24, 2.45) is 4.99 Å². The number of amides is 1. The monoisotopic (exact) mass is 551 g/mol. The number of nitrogens with one attached hydrogen (secondary N) is 1. The summed E-state index contributed by atoms with van der Waals surface area (Å²) in [6.07, 6.45) is -3.12. The Bertz CT molecular complexity index is 1180. The molecular formula is C26H28F3N3O5S. The summed E-state index contributed by atoms with van der Waals surface area (Å²) in [5.74, 6) is -2.23. The number of halogens is 3. The number of hydrogen-bond acceptors (Lipinski definition) is 8. The highest BCUT2D eigenvalue weighted by Gasteiger charge is 2.32. The molecule has 12 heteroatoms. The highest BCUT2D eigenvalue weighted by molar-refractivity contribution is 7.99. The van der Waals surface area contributed by atoms with Crippen LogP contribution in [0.15, 0.2) is 82.0 Å². The fraction of sp³-hybridized carbons (Fsp3) is 0.308. The Labute approximate surface area is 222 Å². The first-order chi connectivity index (χ1) is 17.9. The minimum absolute atomic E-state index is 0.00833. The van der Waals surface area contributed by atoms with Gasteiger partial charge < -0.3 is 19.9 Å². The predicted octanol–water partition coefficient (Wildman–Crippen LogP) is 5.39. The van der Waals surface area contributed by atoms with Crippen LogP contribution >= 0.6 is 11.8 Å². The Morgan fingerprint density at radius 1 is 1.18 bits per heavy atom. The normalized spacial score (nSPS) is 15.0. The van der Waals surface area contributed by atoms with Gasteiger partial charge in [0, 0.05) is 6.20 Å². The fourth-order valence-corrected chi connectivity index (χ4v) is 4.28. The zero-order valence-electron chi connectivity index (χ0n) is 21.2. The van der Waals surface area contributed by atoms with E-state index in [-0.39, 0.29) is 5.76 Å². The Kier molecular flexibility index (Phi) is 10.9. The molecule has 1 heterocycles. The molecule has 0 spiro atoms. The van der Waals surface area contributed by atoms with Crippen LogP contribution in [0.25, 0.3) is 0 Å². The molecule has 1 aromatic carbocycles. The van der Waals surface area contributed by atoms with Crippen molar-refractivity contribution >= 4 is 30.4 Å². The van der Waals surface area contributed by atoms with Crippen LogP contribution in [0.5, 0.6) is 0 Å². The molecule has 3 atom stereocenters. The van der Waals surface area contributed by atoms with Crippen molar-refractivity contribution in [1.82, 2.24) is 10.3 Å². The third-order valence-electron chi connectivity index (χ3n) is 5.18. The molecule has 2 aromatic rings. The number of benzene rings is 1. The van der Waals surface area contributed by atoms with Gasteiger partial charge in [0.05, 0.1) is 22.9 Å². The maximum Gasteiger partial charge on any atom is 0.417 e. The minimum atomic E-state index is -4.51. The average molecular weight is 552 g/mol. The molecule has 204 valence electrons. The van der Waals surface area contributed by atoms with Crippen LogP contribution in [0.1, 0.15) is 37.1 Å². The lowest BCUT2D eigenvalue weighted by molar-refractivity contribution is -0.151. The number of nitrogens with zero attached hydrogens (tertiary/aromatic N) is 2. The molecule has 0 radical (unpaired) electrons. The van der Waals surface area contributed by atoms with Gasteiger partial charge in [0.2, 0.25) is 0 Å². The second-order valence-electron chi connectivity index (χ2n) is 7.88. The number of alkyl halides is 3. The minimum Gasteiger partial charge on any atom is -0.503 e. The van der Waals surface area contributed by atoms with Crippen LogP contribution in [-0.4, -0.2) is 47.9 Å². The average Bonchev–Trinajstić information content (AvgIpc) is 2.88. The van der Waals surface area contributed by atoms with Crippen LogP contribution in [0, 0.1) is 0 Å². The van der Waals surface area contributed by atoms with Crippen molar-refractivity contribution in [3.05, 3.63) is 83.1 Å². The van der Waals surface area contributed by atoms with E-state index in [2.05, 4.69) is 22.0 Å². The number of methoxy groups -OCH3 is 1. The van der Waals surface area contributed by atoms with Crippen LogP contribution < -0.4 is 5.32 Å². The molecular weight excluding hydrogens is 523 g/mol. The summed E-state index contributed by atoms with van der Waals surface area (Å²) in [6.45, 7) is 7.87. The molecule has 0 unspecified atom stereocenters. The van der Waals surface area contributed by atoms with Gasteiger partial charge in [-0.2, -0.15) is 13.2 Å². The molecule has 0 aliphatic rings. The first-order valence-electron chi connectivity index (χ1n) is 11.3. The lowest BCUT2D eigenvalue weighted by atomic mass is 10.1. The van der Waals surface area contributed by atoms with Gasteiger partial charge in [-0.25, -0.2) is 9.78 Å². The van der Waals surface area contributed by atoms with E-state index in [0.717, 1.165) is 29.6 Å². The highest BCUT2D eigenvalue weighted by Crippen LogP contribution is 2.39. The summed E-state index contributed by atoms with van der Waals surface area (Å²) in [7, 11) is 1.30. The molecule has 0 aliphatic heterocycles. The van der Waals surface area contributed by atoms with E-state index in [0.29, 0.717) is 5.03 Å². The highest BCUT2D eigenvalue weighted by atomic mass is 32.2. The summed E-state index contributed by atoms with van der Waals surface area (Å²) in [5.41, 5.74) is -0.568. The fourth-order valence-electron chi connectivity index (χ4n) is 3.22. The van der Waals surface area contributed by atoms with Crippen LogP contribution in [0.2, 0.25) is 0 Å². The first kappa shape index (κ1) is 30.4. The lowest BCUT2D eigenvalue weighted by Crippen LogP contribution is -2.41. The number of pyridine rings is 1. The Hall–Kier alpha value is -3.80. The quantitative estimate of drug-likeness (QED) is 0.0962. The molecule has 1 aromatic heterocycles. The summed E-state index contributed by atoms with van der Waals surface area (Å²) >= 11 is 1.13. The second kappa shape index (κ2) is 13.7. The van der Waals surface area contributed by atoms with Crippen molar-refractivity contribution in [3.63, 3.8) is 0 Å². The van der Waals surface area contributed by atoms with E-state index in [9.17, 15) is 27.9 Å². The molecule has 38 heavy (non-hydrogen) atoms. The molecule has 2 rings (SSSR count). The largest absolute Gasteiger partial charge is 0.503 e. The van der Waals surface area contributed by atoms with Gasteiger partial charge in [0.1, 0.15) is 12.1 Å². The van der Waals surface area contributed by atoms with Gasteiger partial charge in [-0.15, -0.1) is 0 Å². The smallest absolute Gasteiger partial charge is 0.417 e. The third kappa shape index (κ3) is 8.10. The number of aromatic nitrogens is 1.